The van der Waals surface area contributed by atoms with Crippen LogP contribution < -0.4 is 0 Å². The average Bonchev–Trinajstić information content (AvgIpc) is 2.61. The van der Waals surface area contributed by atoms with Crippen LogP contribution in [0.15, 0.2) is 6.20 Å². The van der Waals surface area contributed by atoms with Crippen LogP contribution in [0.5, 0.6) is 0 Å². The van der Waals surface area contributed by atoms with Crippen molar-refractivity contribution in [2.24, 2.45) is 0 Å². The van der Waals surface area contributed by atoms with Gasteiger partial charge in [-0.15, -0.1) is 0 Å². The fraction of sp³-hybridized carbons (Fsp3) is 0.667. The number of likely N-dealkylation sites (tertiary alicyclic amines) is 1. The minimum Gasteiger partial charge on any atom is -0.342 e. The zero-order valence-electron chi connectivity index (χ0n) is 14.6. The highest BCUT2D eigenvalue weighted by Crippen LogP contribution is 2.26. The Morgan fingerprint density at radius 3 is 2.88 bits per heavy atom. The van der Waals surface area contributed by atoms with Gasteiger partial charge in [0.05, 0.1) is 5.69 Å². The van der Waals surface area contributed by atoms with Gasteiger partial charge in [-0.05, 0) is 19.3 Å². The number of amides is 2. The van der Waals surface area contributed by atoms with Crippen molar-refractivity contribution in [3.05, 3.63) is 23.3 Å². The maximum atomic E-state index is 12.1. The molecule has 3 heterocycles. The Labute approximate surface area is 143 Å². The molecule has 24 heavy (non-hydrogen) atoms. The first-order chi connectivity index (χ1) is 11.6. The fourth-order valence-corrected chi connectivity index (χ4v) is 3.59. The van der Waals surface area contributed by atoms with Crippen molar-refractivity contribution in [2.75, 3.05) is 19.6 Å². The second-order valence-corrected chi connectivity index (χ2v) is 6.82. The number of nitrogens with zero attached hydrogens (tertiary/aromatic N) is 4. The van der Waals surface area contributed by atoms with Crippen molar-refractivity contribution >= 4 is 11.8 Å². The van der Waals surface area contributed by atoms with Gasteiger partial charge in [-0.3, -0.25) is 9.59 Å². The summed E-state index contributed by atoms with van der Waals surface area (Å²) in [6, 6.07) is 0. The number of hydrogen-bond acceptors (Lipinski definition) is 4. The largest absolute Gasteiger partial charge is 0.342 e. The van der Waals surface area contributed by atoms with Gasteiger partial charge in [0, 0.05) is 63.6 Å². The summed E-state index contributed by atoms with van der Waals surface area (Å²) in [6.45, 7) is 6.57. The number of carbonyl (C=O) groups is 2. The summed E-state index contributed by atoms with van der Waals surface area (Å²) in [5.74, 6) is 1.43. The number of piperidine rings is 1. The van der Waals surface area contributed by atoms with E-state index in [0.29, 0.717) is 13.0 Å². The molecule has 2 aliphatic rings. The molecular weight excluding hydrogens is 304 g/mol. The van der Waals surface area contributed by atoms with E-state index in [2.05, 4.69) is 4.98 Å². The van der Waals surface area contributed by atoms with Crippen LogP contribution in [-0.2, 0) is 22.6 Å². The van der Waals surface area contributed by atoms with Crippen LogP contribution in [-0.4, -0.2) is 51.2 Å². The summed E-state index contributed by atoms with van der Waals surface area (Å²) in [5.41, 5.74) is 2.13. The van der Waals surface area contributed by atoms with E-state index in [0.717, 1.165) is 62.4 Å². The lowest BCUT2D eigenvalue weighted by Gasteiger charge is -2.32. The van der Waals surface area contributed by atoms with Gasteiger partial charge in [0.15, 0.2) is 0 Å². The first kappa shape index (κ1) is 16.9. The Morgan fingerprint density at radius 1 is 1.29 bits per heavy atom. The minimum absolute atomic E-state index is 0.128. The Morgan fingerprint density at radius 2 is 2.12 bits per heavy atom. The van der Waals surface area contributed by atoms with Crippen molar-refractivity contribution in [3.8, 4) is 0 Å². The van der Waals surface area contributed by atoms with Gasteiger partial charge in [0.1, 0.15) is 5.82 Å². The molecule has 0 aromatic carbocycles. The van der Waals surface area contributed by atoms with Crippen molar-refractivity contribution in [1.29, 1.82) is 0 Å². The quantitative estimate of drug-likeness (QED) is 0.849. The molecule has 3 rings (SSSR count). The van der Waals surface area contributed by atoms with Crippen LogP contribution in [0.1, 0.15) is 62.5 Å². The first-order valence-electron chi connectivity index (χ1n) is 8.96. The van der Waals surface area contributed by atoms with E-state index in [4.69, 9.17) is 4.98 Å². The third-order valence-electron chi connectivity index (χ3n) is 5.00. The molecule has 6 nitrogen and oxygen atoms in total. The predicted molar refractivity (Wildman–Crippen MR) is 90.3 cm³/mol. The lowest BCUT2D eigenvalue weighted by molar-refractivity contribution is -0.132. The summed E-state index contributed by atoms with van der Waals surface area (Å²) < 4.78 is 0. The molecule has 1 aromatic heterocycles. The second kappa shape index (κ2) is 7.28. The van der Waals surface area contributed by atoms with Crippen LogP contribution in [0.3, 0.4) is 0 Å². The fourth-order valence-electron chi connectivity index (χ4n) is 3.59. The van der Waals surface area contributed by atoms with Crippen molar-refractivity contribution in [1.82, 2.24) is 19.8 Å². The summed E-state index contributed by atoms with van der Waals surface area (Å²) in [4.78, 5) is 36.8. The van der Waals surface area contributed by atoms with E-state index in [1.807, 2.05) is 22.9 Å². The van der Waals surface area contributed by atoms with E-state index in [9.17, 15) is 9.59 Å². The normalized spacial score (nSPS) is 20.7. The Balaban J connectivity index is 1.71. The summed E-state index contributed by atoms with van der Waals surface area (Å²) in [7, 11) is 0. The molecule has 1 unspecified atom stereocenters. The third kappa shape index (κ3) is 3.57. The van der Waals surface area contributed by atoms with E-state index in [-0.39, 0.29) is 17.7 Å². The van der Waals surface area contributed by atoms with Crippen molar-refractivity contribution in [2.45, 2.75) is 58.4 Å². The van der Waals surface area contributed by atoms with Crippen LogP contribution in [0, 0.1) is 0 Å². The smallest absolute Gasteiger partial charge is 0.222 e. The van der Waals surface area contributed by atoms with Gasteiger partial charge < -0.3 is 9.80 Å². The summed E-state index contributed by atoms with van der Waals surface area (Å²) >= 11 is 0. The lowest BCUT2D eigenvalue weighted by atomic mass is 9.96. The molecule has 1 atom stereocenters. The van der Waals surface area contributed by atoms with Gasteiger partial charge in [-0.2, -0.15) is 0 Å². The van der Waals surface area contributed by atoms with Gasteiger partial charge in [0.25, 0.3) is 0 Å². The number of rotatable bonds is 3. The molecule has 0 saturated carbocycles. The molecule has 1 aromatic rings. The number of hydrogen-bond donors (Lipinski definition) is 0. The Hall–Kier alpha value is -1.98. The molecular formula is C18H26N4O2. The van der Waals surface area contributed by atoms with Gasteiger partial charge in [0.2, 0.25) is 11.8 Å². The van der Waals surface area contributed by atoms with Crippen LogP contribution in [0.25, 0.3) is 0 Å². The second-order valence-electron chi connectivity index (χ2n) is 6.82. The zero-order valence-corrected chi connectivity index (χ0v) is 14.6. The predicted octanol–water partition coefficient (Wildman–Crippen LogP) is 1.89. The SMILES string of the molecule is CCCC(=O)N1CCc2nc(C3CCCN(C(C)=O)C3)ncc2C1. The molecule has 0 bridgehead atoms. The summed E-state index contributed by atoms with van der Waals surface area (Å²) in [5, 5.41) is 0. The molecule has 0 radical (unpaired) electrons. The number of aromatic nitrogens is 2. The highest BCUT2D eigenvalue weighted by molar-refractivity contribution is 5.76. The molecule has 1 saturated heterocycles. The monoisotopic (exact) mass is 330 g/mol. The maximum absolute atomic E-state index is 12.1. The molecule has 0 N–H and O–H groups in total. The van der Waals surface area contributed by atoms with E-state index in [1.165, 1.54) is 0 Å². The van der Waals surface area contributed by atoms with E-state index >= 15 is 0 Å². The standard InChI is InChI=1S/C18H26N4O2/c1-3-5-17(24)22-9-7-16-15(12-22)10-19-18(20-16)14-6-4-8-21(11-14)13(2)23/h10,14H,3-9,11-12H2,1-2H3. The van der Waals surface area contributed by atoms with Crippen molar-refractivity contribution < 1.29 is 9.59 Å². The molecule has 2 aliphatic heterocycles. The van der Waals surface area contributed by atoms with E-state index in [1.54, 1.807) is 6.92 Å². The first-order valence-corrected chi connectivity index (χ1v) is 8.96. The molecule has 0 spiro atoms. The van der Waals surface area contributed by atoms with E-state index < -0.39 is 0 Å². The molecule has 6 heteroatoms. The summed E-state index contributed by atoms with van der Waals surface area (Å²) in [6.07, 6.45) is 6.20. The van der Waals surface area contributed by atoms with Crippen LogP contribution >= 0.6 is 0 Å². The highest BCUT2D eigenvalue weighted by atomic mass is 16.2. The van der Waals surface area contributed by atoms with Gasteiger partial charge in [-0.1, -0.05) is 6.92 Å². The Bertz CT molecular complexity index is 631. The maximum Gasteiger partial charge on any atom is 0.222 e. The Kier molecular flexibility index (Phi) is 5.11. The number of carbonyl (C=O) groups excluding carboxylic acids is 2. The van der Waals surface area contributed by atoms with Crippen LogP contribution in [0.4, 0.5) is 0 Å². The topological polar surface area (TPSA) is 66.4 Å². The lowest BCUT2D eigenvalue weighted by Crippen LogP contribution is -2.39. The number of fused-ring (bicyclic) bond motifs is 1. The average molecular weight is 330 g/mol. The molecule has 2 amide bonds. The highest BCUT2D eigenvalue weighted by Gasteiger charge is 2.27. The van der Waals surface area contributed by atoms with Crippen LogP contribution in [0.2, 0.25) is 0 Å². The van der Waals surface area contributed by atoms with Gasteiger partial charge in [-0.25, -0.2) is 9.97 Å². The third-order valence-corrected chi connectivity index (χ3v) is 5.00. The molecule has 1 fully saturated rings. The zero-order chi connectivity index (χ0) is 17.1. The van der Waals surface area contributed by atoms with Crippen molar-refractivity contribution in [3.63, 3.8) is 0 Å². The van der Waals surface area contributed by atoms with Gasteiger partial charge >= 0.3 is 0 Å². The molecule has 130 valence electrons. The minimum atomic E-state index is 0.128. The molecule has 0 aliphatic carbocycles.